The molecule has 0 rings (SSSR count). The molecule has 0 saturated carbocycles. The zero-order valence-corrected chi connectivity index (χ0v) is 13.7. The summed E-state index contributed by atoms with van der Waals surface area (Å²) in [7, 11) is 0. The number of aldehydes is 1. The molecule has 0 fully saturated rings. The molecule has 0 radical (unpaired) electrons. The van der Waals surface area contributed by atoms with Crippen LogP contribution in [0.1, 0.15) is 71.1 Å². The number of unbranched alkanes of at least 4 members (excludes halogenated alkanes) is 5. The zero-order valence-electron chi connectivity index (χ0n) is 13.7. The number of carbonyl (C=O) groups is 1. The topological polar surface area (TPSA) is 17.1 Å². The van der Waals surface area contributed by atoms with Crippen LogP contribution in [-0.2, 0) is 4.79 Å². The highest BCUT2D eigenvalue weighted by Gasteiger charge is 1.85. The molecule has 0 aliphatic heterocycles. The summed E-state index contributed by atoms with van der Waals surface area (Å²) >= 11 is 0. The molecule has 0 spiro atoms. The van der Waals surface area contributed by atoms with Gasteiger partial charge in [-0.05, 0) is 57.8 Å². The summed E-state index contributed by atoms with van der Waals surface area (Å²) in [6.45, 7) is 2.16. The van der Waals surface area contributed by atoms with Crippen molar-refractivity contribution >= 4 is 6.29 Å². The van der Waals surface area contributed by atoms with Crippen LogP contribution in [0.15, 0.2) is 48.6 Å². The van der Waals surface area contributed by atoms with Crippen molar-refractivity contribution in [2.75, 3.05) is 0 Å². The van der Waals surface area contributed by atoms with Gasteiger partial charge in [-0.2, -0.15) is 0 Å². The maximum Gasteiger partial charge on any atom is 0.120 e. The van der Waals surface area contributed by atoms with Crippen LogP contribution in [0.5, 0.6) is 0 Å². The van der Waals surface area contributed by atoms with E-state index in [1.807, 2.05) is 0 Å². The van der Waals surface area contributed by atoms with Crippen molar-refractivity contribution in [3.63, 3.8) is 0 Å². The molecule has 0 heterocycles. The van der Waals surface area contributed by atoms with E-state index in [1.54, 1.807) is 0 Å². The lowest BCUT2D eigenvalue weighted by Crippen LogP contribution is -1.75. The number of hydrogen-bond donors (Lipinski definition) is 0. The lowest BCUT2D eigenvalue weighted by molar-refractivity contribution is -0.107. The van der Waals surface area contributed by atoms with Crippen molar-refractivity contribution in [2.45, 2.75) is 71.1 Å². The highest BCUT2D eigenvalue weighted by Crippen LogP contribution is 2.04. The molecule has 1 heteroatoms. The van der Waals surface area contributed by atoms with Crippen LogP contribution in [-0.4, -0.2) is 6.29 Å². The summed E-state index contributed by atoms with van der Waals surface area (Å²) in [5.41, 5.74) is 0. The molecule has 1 nitrogen and oxygen atoms in total. The first kappa shape index (κ1) is 19.6. The standard InChI is InChI=1S/C20H32O/c1-2-3-4-5-6-7-8-9-10-11-12-13-14-15-16-17-18-19-20-21/h3-4,6-7,9-10,15-16,20H,2,5,8,11-14,17-19H2,1H3/b4-3-,7-6-,10-9-,16-15-. The molecule has 0 bridgehead atoms. The van der Waals surface area contributed by atoms with Gasteiger partial charge in [0.05, 0.1) is 0 Å². The molecule has 118 valence electrons. The normalized spacial score (nSPS) is 12.4. The van der Waals surface area contributed by atoms with Crippen LogP contribution in [0.3, 0.4) is 0 Å². The highest BCUT2D eigenvalue weighted by molar-refractivity contribution is 5.48. The van der Waals surface area contributed by atoms with Gasteiger partial charge in [-0.1, -0.05) is 55.5 Å². The van der Waals surface area contributed by atoms with Gasteiger partial charge >= 0.3 is 0 Å². The quantitative estimate of drug-likeness (QED) is 0.207. The van der Waals surface area contributed by atoms with E-state index in [9.17, 15) is 4.79 Å². The van der Waals surface area contributed by atoms with E-state index >= 15 is 0 Å². The third kappa shape index (κ3) is 18.6. The Labute approximate surface area is 131 Å². The van der Waals surface area contributed by atoms with E-state index in [1.165, 1.54) is 25.7 Å². The summed E-state index contributed by atoms with van der Waals surface area (Å²) in [5, 5.41) is 0. The Kier molecular flexibility index (Phi) is 17.4. The van der Waals surface area contributed by atoms with Gasteiger partial charge in [0.25, 0.3) is 0 Å². The van der Waals surface area contributed by atoms with E-state index in [0.717, 1.165) is 38.4 Å². The molecule has 0 N–H and O–H groups in total. The van der Waals surface area contributed by atoms with Crippen LogP contribution < -0.4 is 0 Å². The minimum Gasteiger partial charge on any atom is -0.303 e. The van der Waals surface area contributed by atoms with E-state index in [0.29, 0.717) is 6.42 Å². The van der Waals surface area contributed by atoms with E-state index < -0.39 is 0 Å². The van der Waals surface area contributed by atoms with Crippen molar-refractivity contribution in [1.82, 2.24) is 0 Å². The van der Waals surface area contributed by atoms with Gasteiger partial charge in [-0.3, -0.25) is 0 Å². The molecule has 0 saturated heterocycles. The van der Waals surface area contributed by atoms with E-state index in [4.69, 9.17) is 0 Å². The first-order valence-electron chi connectivity index (χ1n) is 8.45. The molecule has 0 atom stereocenters. The van der Waals surface area contributed by atoms with Gasteiger partial charge in [0.1, 0.15) is 6.29 Å². The second-order valence-corrected chi connectivity index (χ2v) is 5.15. The second-order valence-electron chi connectivity index (χ2n) is 5.15. The maximum absolute atomic E-state index is 10.1. The van der Waals surface area contributed by atoms with Crippen LogP contribution in [0.4, 0.5) is 0 Å². The van der Waals surface area contributed by atoms with Gasteiger partial charge in [0.2, 0.25) is 0 Å². The predicted molar refractivity (Wildman–Crippen MR) is 94.5 cm³/mol. The average molecular weight is 288 g/mol. The highest BCUT2D eigenvalue weighted by atomic mass is 16.1. The molecule has 0 unspecified atom stereocenters. The lowest BCUT2D eigenvalue weighted by atomic mass is 10.1. The van der Waals surface area contributed by atoms with Crippen LogP contribution >= 0.6 is 0 Å². The fraction of sp³-hybridized carbons (Fsp3) is 0.550. The Balaban J connectivity index is 3.28. The van der Waals surface area contributed by atoms with Crippen molar-refractivity contribution in [3.8, 4) is 0 Å². The fourth-order valence-corrected chi connectivity index (χ4v) is 1.91. The first-order chi connectivity index (χ1) is 10.4. The molecular weight excluding hydrogens is 256 g/mol. The van der Waals surface area contributed by atoms with Crippen molar-refractivity contribution in [2.24, 2.45) is 0 Å². The Morgan fingerprint density at radius 2 is 1.05 bits per heavy atom. The molecule has 0 aliphatic rings. The summed E-state index contributed by atoms with van der Waals surface area (Å²) in [6, 6.07) is 0. The Hall–Kier alpha value is -1.37. The first-order valence-corrected chi connectivity index (χ1v) is 8.45. The van der Waals surface area contributed by atoms with Gasteiger partial charge in [0, 0.05) is 6.42 Å². The Bertz CT molecular complexity index is 321. The minimum atomic E-state index is 0.693. The molecule has 0 amide bonds. The van der Waals surface area contributed by atoms with Crippen LogP contribution in [0.2, 0.25) is 0 Å². The zero-order chi connectivity index (χ0) is 15.4. The molecule has 21 heavy (non-hydrogen) atoms. The van der Waals surface area contributed by atoms with Gasteiger partial charge < -0.3 is 4.79 Å². The van der Waals surface area contributed by atoms with Crippen molar-refractivity contribution in [1.29, 1.82) is 0 Å². The van der Waals surface area contributed by atoms with E-state index in [2.05, 4.69) is 55.5 Å². The second kappa shape index (κ2) is 18.6. The Morgan fingerprint density at radius 1 is 0.571 bits per heavy atom. The predicted octanol–water partition coefficient (Wildman–Crippen LogP) is 6.33. The number of hydrogen-bond acceptors (Lipinski definition) is 1. The van der Waals surface area contributed by atoms with Gasteiger partial charge in [-0.15, -0.1) is 0 Å². The molecule has 0 aromatic heterocycles. The minimum absolute atomic E-state index is 0.693. The molecule has 0 aromatic rings. The summed E-state index contributed by atoms with van der Waals surface area (Å²) in [6.07, 6.45) is 29.7. The lowest BCUT2D eigenvalue weighted by Gasteiger charge is -1.93. The third-order valence-electron chi connectivity index (χ3n) is 3.13. The summed E-state index contributed by atoms with van der Waals surface area (Å²) in [4.78, 5) is 10.1. The monoisotopic (exact) mass is 288 g/mol. The Morgan fingerprint density at radius 3 is 1.62 bits per heavy atom. The van der Waals surface area contributed by atoms with E-state index in [-0.39, 0.29) is 0 Å². The number of rotatable bonds is 14. The number of allylic oxidation sites excluding steroid dienone is 8. The molecule has 0 aliphatic carbocycles. The maximum atomic E-state index is 10.1. The van der Waals surface area contributed by atoms with Crippen molar-refractivity contribution < 1.29 is 4.79 Å². The third-order valence-corrected chi connectivity index (χ3v) is 3.13. The largest absolute Gasteiger partial charge is 0.303 e. The molecular formula is C20H32O. The van der Waals surface area contributed by atoms with Gasteiger partial charge in [0.15, 0.2) is 0 Å². The van der Waals surface area contributed by atoms with Crippen LogP contribution in [0.25, 0.3) is 0 Å². The smallest absolute Gasteiger partial charge is 0.120 e. The fourth-order valence-electron chi connectivity index (χ4n) is 1.91. The SMILES string of the molecule is CC/C=C\C/C=C\C/C=C\CCCC/C=C\CCCC=O. The van der Waals surface area contributed by atoms with Gasteiger partial charge in [-0.25, -0.2) is 0 Å². The van der Waals surface area contributed by atoms with Crippen molar-refractivity contribution in [3.05, 3.63) is 48.6 Å². The van der Waals surface area contributed by atoms with Crippen LogP contribution in [0, 0.1) is 0 Å². The summed E-state index contributed by atoms with van der Waals surface area (Å²) < 4.78 is 0. The summed E-state index contributed by atoms with van der Waals surface area (Å²) in [5.74, 6) is 0. The number of carbonyl (C=O) groups excluding carboxylic acids is 1. The average Bonchev–Trinajstić information content (AvgIpc) is 2.50. The molecule has 0 aromatic carbocycles.